The lowest BCUT2D eigenvalue weighted by atomic mass is 9.99. The van der Waals surface area contributed by atoms with E-state index in [0.29, 0.717) is 0 Å². The summed E-state index contributed by atoms with van der Waals surface area (Å²) in [5, 5.41) is 0. The molecule has 3 heteroatoms. The van der Waals surface area contributed by atoms with Gasteiger partial charge in [0.25, 0.3) is 0 Å². The average Bonchev–Trinajstić information content (AvgIpc) is 2.87. The maximum Gasteiger partial charge on any atom is 0.178 e. The average molecular weight is 480 g/mol. The molecule has 2 rings (SSSR count). The minimum atomic E-state index is 0.739. The summed E-state index contributed by atoms with van der Waals surface area (Å²) >= 11 is 0. The van der Waals surface area contributed by atoms with Crippen molar-refractivity contribution in [3.63, 3.8) is 0 Å². The van der Waals surface area contributed by atoms with Gasteiger partial charge in [-0.15, -0.1) is 0 Å². The van der Waals surface area contributed by atoms with E-state index >= 15 is 0 Å². The number of hydrogen-bond donors (Lipinski definition) is 0. The molecule has 0 saturated carbocycles. The van der Waals surface area contributed by atoms with E-state index in [4.69, 9.17) is 0 Å². The molecule has 0 aliphatic rings. The fourth-order valence-electron chi connectivity index (χ4n) is 4.64. The lowest BCUT2D eigenvalue weighted by Gasteiger charge is -2.07. The zero-order valence-electron chi connectivity index (χ0n) is 23.4. The molecule has 3 nitrogen and oxygen atoms in total. The maximum absolute atomic E-state index is 4.64. The number of rotatable bonds is 20. The van der Waals surface area contributed by atoms with Crippen molar-refractivity contribution < 1.29 is 0 Å². The molecule has 2 aromatic rings. The molecule has 0 aromatic carbocycles. The highest BCUT2D eigenvalue weighted by molar-refractivity contribution is 5.48. The molecule has 1 unspecified atom stereocenters. The van der Waals surface area contributed by atoms with Crippen molar-refractivity contribution in [2.75, 3.05) is 0 Å². The summed E-state index contributed by atoms with van der Waals surface area (Å²) in [5.74, 6) is 2.49. The summed E-state index contributed by atoms with van der Waals surface area (Å²) < 4.78 is 0. The number of hydrogen-bond acceptors (Lipinski definition) is 3. The summed E-state index contributed by atoms with van der Waals surface area (Å²) in [5.41, 5.74) is 3.44. The van der Waals surface area contributed by atoms with Crippen LogP contribution in [0.15, 0.2) is 30.7 Å². The van der Waals surface area contributed by atoms with Gasteiger partial charge in [-0.2, -0.15) is 0 Å². The Balaban J connectivity index is 1.57. The van der Waals surface area contributed by atoms with Gasteiger partial charge in [0.2, 0.25) is 0 Å². The Kier molecular flexibility index (Phi) is 15.6. The van der Waals surface area contributed by atoms with Crippen LogP contribution in [0.1, 0.15) is 135 Å². The van der Waals surface area contributed by atoms with Gasteiger partial charge in [-0.1, -0.05) is 117 Å². The number of nitrogens with zero attached hydrogens (tertiary/aromatic N) is 3. The summed E-state index contributed by atoms with van der Waals surface area (Å²) in [6.45, 7) is 9.31. The van der Waals surface area contributed by atoms with Crippen molar-refractivity contribution in [1.82, 2.24) is 15.0 Å². The van der Waals surface area contributed by atoms with E-state index in [1.54, 1.807) is 0 Å². The third-order valence-electron chi connectivity index (χ3n) is 7.37. The Morgan fingerprint density at radius 1 is 0.571 bits per heavy atom. The van der Waals surface area contributed by atoms with Crippen LogP contribution in [0.4, 0.5) is 0 Å². The van der Waals surface area contributed by atoms with Crippen LogP contribution < -0.4 is 0 Å². The van der Waals surface area contributed by atoms with Gasteiger partial charge < -0.3 is 0 Å². The third-order valence-corrected chi connectivity index (χ3v) is 7.37. The Morgan fingerprint density at radius 2 is 1.09 bits per heavy atom. The van der Waals surface area contributed by atoms with E-state index in [0.717, 1.165) is 36.2 Å². The van der Waals surface area contributed by atoms with Crippen molar-refractivity contribution in [1.29, 1.82) is 0 Å². The normalized spacial score (nSPS) is 12.4. The van der Waals surface area contributed by atoms with Crippen LogP contribution >= 0.6 is 0 Å². The molecule has 35 heavy (non-hydrogen) atoms. The molecule has 0 bridgehead atoms. The standard InChI is InChI=1S/C32H53N3/c1-5-28(4)19-15-11-9-13-16-20-29-22-23-31(33-24-29)32-34-25-30(26-35-32)21-17-12-8-6-7-10-14-18-27(2)3/h22-28H,5-21H2,1-4H3. The zero-order chi connectivity index (χ0) is 25.1. The van der Waals surface area contributed by atoms with Crippen LogP contribution in [-0.4, -0.2) is 15.0 Å². The van der Waals surface area contributed by atoms with Crippen LogP contribution in [0, 0.1) is 11.8 Å². The number of pyridine rings is 1. The Labute approximate surface area is 217 Å². The van der Waals surface area contributed by atoms with Gasteiger partial charge in [0, 0.05) is 18.6 Å². The van der Waals surface area contributed by atoms with Crippen molar-refractivity contribution in [3.8, 4) is 11.5 Å². The molecule has 0 spiro atoms. The van der Waals surface area contributed by atoms with Crippen LogP contribution in [0.5, 0.6) is 0 Å². The van der Waals surface area contributed by atoms with Crippen molar-refractivity contribution in [3.05, 3.63) is 41.9 Å². The van der Waals surface area contributed by atoms with Gasteiger partial charge in [-0.25, -0.2) is 9.97 Å². The van der Waals surface area contributed by atoms with Crippen LogP contribution in [0.2, 0.25) is 0 Å². The summed E-state index contributed by atoms with van der Waals surface area (Å²) in [4.78, 5) is 13.8. The van der Waals surface area contributed by atoms with Crippen LogP contribution in [-0.2, 0) is 12.8 Å². The van der Waals surface area contributed by atoms with Gasteiger partial charge in [-0.05, 0) is 54.7 Å². The second-order valence-electron chi connectivity index (χ2n) is 11.2. The van der Waals surface area contributed by atoms with Crippen molar-refractivity contribution in [2.45, 2.75) is 137 Å². The molecule has 0 aliphatic heterocycles. The molecule has 0 N–H and O–H groups in total. The SMILES string of the molecule is CCC(C)CCCCCCCc1ccc(-c2ncc(CCCCCCCCCC(C)C)cn2)nc1. The molecule has 196 valence electrons. The molecule has 0 radical (unpaired) electrons. The van der Waals surface area contributed by atoms with E-state index in [2.05, 4.69) is 54.8 Å². The number of aromatic nitrogens is 3. The first-order chi connectivity index (χ1) is 17.1. The summed E-state index contributed by atoms with van der Waals surface area (Å²) in [6.07, 6.45) is 28.5. The zero-order valence-corrected chi connectivity index (χ0v) is 23.4. The summed E-state index contributed by atoms with van der Waals surface area (Å²) in [6, 6.07) is 4.28. The molecule has 1 atom stereocenters. The lowest BCUT2D eigenvalue weighted by molar-refractivity contribution is 0.472. The van der Waals surface area contributed by atoms with E-state index in [1.165, 1.54) is 107 Å². The largest absolute Gasteiger partial charge is 0.253 e. The molecular formula is C32H53N3. The predicted octanol–water partition coefficient (Wildman–Crippen LogP) is 9.79. The molecule has 0 aliphatic carbocycles. The molecule has 0 saturated heterocycles. The van der Waals surface area contributed by atoms with Gasteiger partial charge in [-0.3, -0.25) is 4.98 Å². The van der Waals surface area contributed by atoms with Gasteiger partial charge >= 0.3 is 0 Å². The van der Waals surface area contributed by atoms with Crippen molar-refractivity contribution >= 4 is 0 Å². The monoisotopic (exact) mass is 479 g/mol. The molecule has 2 heterocycles. The van der Waals surface area contributed by atoms with Crippen LogP contribution in [0.3, 0.4) is 0 Å². The highest BCUT2D eigenvalue weighted by atomic mass is 14.9. The first-order valence-electron chi connectivity index (χ1n) is 14.8. The first kappa shape index (κ1) is 29.5. The quantitative estimate of drug-likeness (QED) is 0.177. The minimum absolute atomic E-state index is 0.739. The maximum atomic E-state index is 4.64. The number of aryl methyl sites for hydroxylation is 2. The first-order valence-corrected chi connectivity index (χ1v) is 14.8. The Bertz CT molecular complexity index is 751. The van der Waals surface area contributed by atoms with Crippen molar-refractivity contribution in [2.24, 2.45) is 11.8 Å². The molecule has 0 fully saturated rings. The second-order valence-corrected chi connectivity index (χ2v) is 11.2. The topological polar surface area (TPSA) is 38.7 Å². The predicted molar refractivity (Wildman–Crippen MR) is 152 cm³/mol. The fourth-order valence-corrected chi connectivity index (χ4v) is 4.64. The fraction of sp³-hybridized carbons (Fsp3) is 0.719. The third kappa shape index (κ3) is 13.8. The highest BCUT2D eigenvalue weighted by Crippen LogP contribution is 2.17. The lowest BCUT2D eigenvalue weighted by Crippen LogP contribution is -1.96. The van der Waals surface area contributed by atoms with E-state index in [9.17, 15) is 0 Å². The molecular weight excluding hydrogens is 426 g/mol. The van der Waals surface area contributed by atoms with Gasteiger partial charge in [0.05, 0.1) is 0 Å². The number of unbranched alkanes of at least 4 members (excludes halogenated alkanes) is 10. The smallest absolute Gasteiger partial charge is 0.178 e. The van der Waals surface area contributed by atoms with E-state index in [1.807, 2.05) is 18.6 Å². The van der Waals surface area contributed by atoms with Crippen LogP contribution in [0.25, 0.3) is 11.5 Å². The van der Waals surface area contributed by atoms with E-state index < -0.39 is 0 Å². The minimum Gasteiger partial charge on any atom is -0.253 e. The van der Waals surface area contributed by atoms with Gasteiger partial charge in [0.1, 0.15) is 5.69 Å². The Hall–Kier alpha value is -1.77. The Morgan fingerprint density at radius 3 is 1.63 bits per heavy atom. The highest BCUT2D eigenvalue weighted by Gasteiger charge is 2.05. The summed E-state index contributed by atoms with van der Waals surface area (Å²) in [7, 11) is 0. The van der Waals surface area contributed by atoms with E-state index in [-0.39, 0.29) is 0 Å². The van der Waals surface area contributed by atoms with Gasteiger partial charge in [0.15, 0.2) is 5.82 Å². The second kappa shape index (κ2) is 18.5. The molecule has 0 amide bonds. The molecule has 2 aromatic heterocycles.